The lowest BCUT2D eigenvalue weighted by atomic mass is 10.0. The van der Waals surface area contributed by atoms with E-state index in [9.17, 15) is 14.7 Å². The molecule has 124 valence electrons. The van der Waals surface area contributed by atoms with Gasteiger partial charge in [0, 0.05) is 17.8 Å². The zero-order valence-electron chi connectivity index (χ0n) is 13.2. The molecule has 0 aliphatic carbocycles. The van der Waals surface area contributed by atoms with Crippen molar-refractivity contribution >= 4 is 17.6 Å². The number of nitrogens with one attached hydrogen (secondary N) is 1. The van der Waals surface area contributed by atoms with Gasteiger partial charge in [0.05, 0.1) is 5.69 Å². The first kappa shape index (κ1) is 15.1. The third-order valence-corrected chi connectivity index (χ3v) is 4.39. The van der Waals surface area contributed by atoms with Crippen molar-refractivity contribution < 1.29 is 14.7 Å². The van der Waals surface area contributed by atoms with Crippen LogP contribution < -0.4 is 4.90 Å². The molecule has 1 atom stereocenters. The number of rotatable bonds is 3. The largest absolute Gasteiger partial charge is 0.481 e. The van der Waals surface area contributed by atoms with Gasteiger partial charge in [0.2, 0.25) is 0 Å². The number of carboxylic acid groups (broad SMARTS) is 1. The van der Waals surface area contributed by atoms with Crippen molar-refractivity contribution in [3.63, 3.8) is 0 Å². The van der Waals surface area contributed by atoms with E-state index in [4.69, 9.17) is 0 Å². The van der Waals surface area contributed by atoms with Gasteiger partial charge in [0.25, 0.3) is 5.91 Å². The van der Waals surface area contributed by atoms with Gasteiger partial charge >= 0.3 is 5.97 Å². The van der Waals surface area contributed by atoms with Crippen molar-refractivity contribution in [3.8, 4) is 11.3 Å². The molecule has 1 aliphatic rings. The van der Waals surface area contributed by atoms with E-state index in [-0.39, 0.29) is 12.5 Å². The minimum absolute atomic E-state index is 0.118. The van der Waals surface area contributed by atoms with Crippen molar-refractivity contribution in [3.05, 3.63) is 71.9 Å². The number of nitrogens with zero attached hydrogens (tertiary/aromatic N) is 2. The van der Waals surface area contributed by atoms with Crippen LogP contribution in [0.4, 0.5) is 5.69 Å². The number of hydrogen-bond acceptors (Lipinski definition) is 3. The first-order valence-electron chi connectivity index (χ1n) is 7.89. The third-order valence-electron chi connectivity index (χ3n) is 4.39. The van der Waals surface area contributed by atoms with E-state index in [1.165, 1.54) is 4.90 Å². The summed E-state index contributed by atoms with van der Waals surface area (Å²) >= 11 is 0. The Balaban J connectivity index is 1.66. The molecule has 25 heavy (non-hydrogen) atoms. The topological polar surface area (TPSA) is 86.3 Å². The van der Waals surface area contributed by atoms with Crippen LogP contribution in [0.1, 0.15) is 22.0 Å². The summed E-state index contributed by atoms with van der Waals surface area (Å²) in [4.78, 5) is 25.9. The molecule has 0 fully saturated rings. The molecule has 1 amide bonds. The van der Waals surface area contributed by atoms with Gasteiger partial charge < -0.3 is 10.0 Å². The van der Waals surface area contributed by atoms with Gasteiger partial charge in [-0.25, -0.2) is 0 Å². The van der Waals surface area contributed by atoms with Crippen LogP contribution in [0.5, 0.6) is 0 Å². The summed E-state index contributed by atoms with van der Waals surface area (Å²) in [6.45, 7) is 0.118. The van der Waals surface area contributed by atoms with Crippen LogP contribution in [0.25, 0.3) is 11.3 Å². The number of benzene rings is 2. The second kappa shape index (κ2) is 5.90. The highest BCUT2D eigenvalue weighted by Crippen LogP contribution is 2.37. The van der Waals surface area contributed by atoms with Gasteiger partial charge in [0.15, 0.2) is 0 Å². The smallest absolute Gasteiger partial charge is 0.312 e. The summed E-state index contributed by atoms with van der Waals surface area (Å²) in [6, 6.07) is 18.3. The molecule has 0 saturated heterocycles. The number of aromatic amines is 1. The van der Waals surface area contributed by atoms with Crippen molar-refractivity contribution in [2.75, 3.05) is 11.4 Å². The van der Waals surface area contributed by atoms with Crippen LogP contribution in [0.2, 0.25) is 0 Å². The highest BCUT2D eigenvalue weighted by molar-refractivity contribution is 6.08. The highest BCUT2D eigenvalue weighted by atomic mass is 16.4. The molecule has 1 aromatic heterocycles. The third kappa shape index (κ3) is 2.57. The summed E-state index contributed by atoms with van der Waals surface area (Å²) in [5, 5.41) is 16.4. The molecule has 6 heteroatoms. The first-order valence-corrected chi connectivity index (χ1v) is 7.89. The van der Waals surface area contributed by atoms with Crippen LogP contribution in [0, 0.1) is 0 Å². The number of hydrogen-bond donors (Lipinski definition) is 2. The predicted molar refractivity (Wildman–Crippen MR) is 92.5 cm³/mol. The minimum Gasteiger partial charge on any atom is -0.481 e. The fourth-order valence-electron chi connectivity index (χ4n) is 3.14. The van der Waals surface area contributed by atoms with Crippen LogP contribution in [0.3, 0.4) is 0 Å². The summed E-state index contributed by atoms with van der Waals surface area (Å²) in [7, 11) is 0. The van der Waals surface area contributed by atoms with Crippen LogP contribution >= 0.6 is 0 Å². The van der Waals surface area contributed by atoms with Crippen molar-refractivity contribution in [1.82, 2.24) is 10.2 Å². The molecule has 0 bridgehead atoms. The summed E-state index contributed by atoms with van der Waals surface area (Å²) in [6.07, 6.45) is 0. The second-order valence-electron chi connectivity index (χ2n) is 5.90. The highest BCUT2D eigenvalue weighted by Gasteiger charge is 2.37. The molecule has 6 nitrogen and oxygen atoms in total. The fourth-order valence-corrected chi connectivity index (χ4v) is 3.14. The maximum absolute atomic E-state index is 12.9. The Labute approximate surface area is 143 Å². The van der Waals surface area contributed by atoms with Crippen LogP contribution in [0.15, 0.2) is 60.7 Å². The standard InChI is InChI=1S/C19H15N3O3/c23-18(16-10-15(20-21-16)12-6-2-1-3-7-12)22-11-14(19(24)25)13-8-4-5-9-17(13)22/h1-10,14H,11H2,(H,20,21)(H,24,25)/t14-/m1/s1. The van der Waals surface area contributed by atoms with Gasteiger partial charge in [0.1, 0.15) is 11.6 Å². The predicted octanol–water partition coefficient (Wildman–Crippen LogP) is 2.91. The molecular formula is C19H15N3O3. The molecule has 4 rings (SSSR count). The van der Waals surface area contributed by atoms with E-state index in [0.717, 1.165) is 5.56 Å². The molecule has 2 N–H and O–H groups in total. The number of carbonyl (C=O) groups excluding carboxylic acids is 1. The van der Waals surface area contributed by atoms with Crippen LogP contribution in [-0.4, -0.2) is 33.7 Å². The van der Waals surface area contributed by atoms with Gasteiger partial charge in [-0.1, -0.05) is 48.5 Å². The zero-order chi connectivity index (χ0) is 17.4. The zero-order valence-corrected chi connectivity index (χ0v) is 13.2. The second-order valence-corrected chi connectivity index (χ2v) is 5.90. The van der Waals surface area contributed by atoms with E-state index in [1.54, 1.807) is 30.3 Å². The number of fused-ring (bicyclic) bond motifs is 1. The van der Waals surface area contributed by atoms with E-state index in [1.807, 2.05) is 30.3 Å². The van der Waals surface area contributed by atoms with Crippen molar-refractivity contribution in [2.24, 2.45) is 0 Å². The molecule has 0 unspecified atom stereocenters. The van der Waals surface area contributed by atoms with E-state index in [2.05, 4.69) is 10.2 Å². The molecule has 0 spiro atoms. The molecule has 2 aromatic carbocycles. The number of amides is 1. The number of anilines is 1. The Morgan fingerprint density at radius 2 is 1.80 bits per heavy atom. The lowest BCUT2D eigenvalue weighted by Gasteiger charge is -2.16. The minimum atomic E-state index is -0.933. The number of H-pyrrole nitrogens is 1. The Kier molecular flexibility index (Phi) is 3.57. The van der Waals surface area contributed by atoms with E-state index < -0.39 is 11.9 Å². The number of carboxylic acids is 1. The normalized spacial score (nSPS) is 15.8. The van der Waals surface area contributed by atoms with Gasteiger partial charge in [-0.2, -0.15) is 5.10 Å². The maximum atomic E-state index is 12.9. The van der Waals surface area contributed by atoms with Crippen molar-refractivity contribution in [2.45, 2.75) is 5.92 Å². The van der Waals surface area contributed by atoms with Crippen LogP contribution in [-0.2, 0) is 4.79 Å². The lowest BCUT2D eigenvalue weighted by Crippen LogP contribution is -2.31. The monoisotopic (exact) mass is 333 g/mol. The van der Waals surface area contributed by atoms with E-state index in [0.29, 0.717) is 22.6 Å². The molecule has 0 radical (unpaired) electrons. The maximum Gasteiger partial charge on any atom is 0.312 e. The number of aliphatic carboxylic acids is 1. The average Bonchev–Trinajstić information content (AvgIpc) is 3.27. The Morgan fingerprint density at radius 1 is 1.08 bits per heavy atom. The van der Waals surface area contributed by atoms with Gasteiger partial charge in [-0.15, -0.1) is 0 Å². The molecule has 0 saturated carbocycles. The fraction of sp³-hybridized carbons (Fsp3) is 0.105. The quantitative estimate of drug-likeness (QED) is 0.771. The lowest BCUT2D eigenvalue weighted by molar-refractivity contribution is -0.138. The van der Waals surface area contributed by atoms with E-state index >= 15 is 0 Å². The first-order chi connectivity index (χ1) is 12.1. The molecule has 1 aliphatic heterocycles. The number of aromatic nitrogens is 2. The molecule has 2 heterocycles. The number of carbonyl (C=O) groups is 2. The average molecular weight is 333 g/mol. The Bertz CT molecular complexity index is 949. The Morgan fingerprint density at radius 3 is 2.56 bits per heavy atom. The van der Waals surface area contributed by atoms with Crippen molar-refractivity contribution in [1.29, 1.82) is 0 Å². The summed E-state index contributed by atoms with van der Waals surface area (Å²) < 4.78 is 0. The summed E-state index contributed by atoms with van der Waals surface area (Å²) in [5.41, 5.74) is 3.20. The molecular weight excluding hydrogens is 318 g/mol. The Hall–Kier alpha value is -3.41. The SMILES string of the molecule is O=C(O)[C@@H]1CN(C(=O)c2cc(-c3ccccc3)n[nH]2)c2ccccc21. The van der Waals surface area contributed by atoms with Gasteiger partial charge in [-0.3, -0.25) is 14.7 Å². The molecule has 3 aromatic rings. The van der Waals surface area contributed by atoms with Gasteiger partial charge in [-0.05, 0) is 17.7 Å². The summed E-state index contributed by atoms with van der Waals surface area (Å²) in [5.74, 6) is -1.93. The number of para-hydroxylation sites is 1.